The molecule has 3 N–H and O–H groups in total. The van der Waals surface area contributed by atoms with Gasteiger partial charge in [-0.1, -0.05) is 0 Å². The molecule has 0 aromatic carbocycles. The van der Waals surface area contributed by atoms with E-state index in [0.29, 0.717) is 40.9 Å². The van der Waals surface area contributed by atoms with Crippen LogP contribution in [0.2, 0.25) is 0 Å². The molecule has 0 aliphatic carbocycles. The second-order valence-electron chi connectivity index (χ2n) is 6.84. The number of ether oxygens (including phenoxy) is 1. The number of H-pyrrole nitrogens is 1. The second-order valence-corrected chi connectivity index (χ2v) is 6.84. The number of piperidine rings is 1. The van der Waals surface area contributed by atoms with Crippen molar-refractivity contribution < 1.29 is 13.9 Å². The van der Waals surface area contributed by atoms with Crippen LogP contribution in [0.25, 0.3) is 22.7 Å². The van der Waals surface area contributed by atoms with Gasteiger partial charge in [0.05, 0.1) is 7.11 Å². The lowest BCUT2D eigenvalue weighted by Gasteiger charge is -2.31. The first kappa shape index (κ1) is 17.3. The van der Waals surface area contributed by atoms with Gasteiger partial charge in [-0.25, -0.2) is 9.97 Å². The molecule has 1 atom stereocenters. The lowest BCUT2D eigenvalue weighted by atomic mass is 9.95. The monoisotopic (exact) mass is 370 g/mol. The van der Waals surface area contributed by atoms with Crippen molar-refractivity contribution in [2.45, 2.75) is 26.2 Å². The molecule has 0 radical (unpaired) electrons. The summed E-state index contributed by atoms with van der Waals surface area (Å²) < 4.78 is 10.4. The van der Waals surface area contributed by atoms with E-state index < -0.39 is 0 Å². The third kappa shape index (κ3) is 3.44. The topological polar surface area (TPSA) is 123 Å². The Kier molecular flexibility index (Phi) is 4.43. The Morgan fingerprint density at radius 2 is 2.26 bits per heavy atom. The zero-order valence-corrected chi connectivity index (χ0v) is 15.4. The summed E-state index contributed by atoms with van der Waals surface area (Å²) in [6, 6.07) is 3.66. The number of imidazole rings is 1. The number of nitrogens with two attached hydrogens (primary N) is 1. The standard InChI is InChI=1S/C18H22N6O3/c1-10-5-6-12(27-10)16-21-15(19)14-17(22-16)23-18(20-14)24-7-3-4-11(9-24)8-13(25)26-2/h5-6,11H,3-4,7-9H2,1-2H3,(H3,19,20,21,22,23). The molecule has 0 spiro atoms. The molecule has 0 bridgehead atoms. The summed E-state index contributed by atoms with van der Waals surface area (Å²) in [6.45, 7) is 3.45. The summed E-state index contributed by atoms with van der Waals surface area (Å²) in [4.78, 5) is 30.3. The van der Waals surface area contributed by atoms with Gasteiger partial charge in [-0.3, -0.25) is 4.79 Å². The number of nitrogen functional groups attached to an aromatic ring is 1. The number of rotatable bonds is 4. The van der Waals surface area contributed by atoms with E-state index in [-0.39, 0.29) is 11.9 Å². The zero-order valence-electron chi connectivity index (χ0n) is 15.4. The Bertz CT molecular complexity index is 979. The number of hydrogen-bond donors (Lipinski definition) is 2. The van der Waals surface area contributed by atoms with E-state index in [1.54, 1.807) is 0 Å². The highest BCUT2D eigenvalue weighted by Gasteiger charge is 2.25. The van der Waals surface area contributed by atoms with Gasteiger partial charge >= 0.3 is 5.97 Å². The molecule has 142 valence electrons. The van der Waals surface area contributed by atoms with Crippen molar-refractivity contribution in [2.75, 3.05) is 30.8 Å². The van der Waals surface area contributed by atoms with Crippen LogP contribution in [0.15, 0.2) is 16.5 Å². The summed E-state index contributed by atoms with van der Waals surface area (Å²) in [5.74, 6) is 2.82. The van der Waals surface area contributed by atoms with Gasteiger partial charge in [-0.05, 0) is 37.8 Å². The Hall–Kier alpha value is -3.10. The number of anilines is 2. The van der Waals surface area contributed by atoms with E-state index in [0.717, 1.165) is 31.7 Å². The number of carbonyl (C=O) groups is 1. The summed E-state index contributed by atoms with van der Waals surface area (Å²) in [6.07, 6.45) is 2.39. The van der Waals surface area contributed by atoms with E-state index in [4.69, 9.17) is 14.9 Å². The van der Waals surface area contributed by atoms with Crippen LogP contribution in [0.5, 0.6) is 0 Å². The molecule has 9 nitrogen and oxygen atoms in total. The molecule has 0 amide bonds. The average molecular weight is 370 g/mol. The number of carbonyl (C=O) groups excluding carboxylic acids is 1. The smallest absolute Gasteiger partial charge is 0.305 e. The first-order valence-corrected chi connectivity index (χ1v) is 8.95. The van der Waals surface area contributed by atoms with Crippen molar-refractivity contribution in [1.29, 1.82) is 0 Å². The molecule has 1 fully saturated rings. The van der Waals surface area contributed by atoms with Crippen molar-refractivity contribution in [3.63, 3.8) is 0 Å². The molecule has 1 aliphatic heterocycles. The molecule has 1 saturated heterocycles. The van der Waals surface area contributed by atoms with Crippen molar-refractivity contribution >= 4 is 28.9 Å². The normalized spacial score (nSPS) is 17.4. The summed E-state index contributed by atoms with van der Waals surface area (Å²) >= 11 is 0. The molecule has 0 saturated carbocycles. The van der Waals surface area contributed by atoms with Gasteiger partial charge < -0.3 is 24.8 Å². The largest absolute Gasteiger partial charge is 0.469 e. The SMILES string of the molecule is COC(=O)CC1CCCN(c2nc3nc(-c4ccc(C)o4)nc(N)c3[nH]2)C1. The maximum atomic E-state index is 11.6. The van der Waals surface area contributed by atoms with Crippen LogP contribution in [0, 0.1) is 12.8 Å². The first-order valence-electron chi connectivity index (χ1n) is 8.95. The van der Waals surface area contributed by atoms with Gasteiger partial charge in [0.25, 0.3) is 0 Å². The number of furan rings is 1. The lowest BCUT2D eigenvalue weighted by Crippen LogP contribution is -2.37. The number of hydrogen-bond acceptors (Lipinski definition) is 8. The molecule has 1 unspecified atom stereocenters. The molecule has 3 aromatic heterocycles. The Balaban J connectivity index is 1.61. The van der Waals surface area contributed by atoms with Crippen molar-refractivity contribution in [1.82, 2.24) is 19.9 Å². The van der Waals surface area contributed by atoms with Crippen LogP contribution in [0.1, 0.15) is 25.0 Å². The molecule has 4 heterocycles. The minimum Gasteiger partial charge on any atom is -0.469 e. The van der Waals surface area contributed by atoms with E-state index in [2.05, 4.69) is 24.8 Å². The fourth-order valence-electron chi connectivity index (χ4n) is 3.46. The first-order chi connectivity index (χ1) is 13.0. The van der Waals surface area contributed by atoms with Gasteiger partial charge in [-0.2, -0.15) is 4.98 Å². The number of nitrogens with one attached hydrogen (secondary N) is 1. The molecule has 27 heavy (non-hydrogen) atoms. The van der Waals surface area contributed by atoms with E-state index >= 15 is 0 Å². The molecule has 9 heteroatoms. The fraction of sp³-hybridized carbons (Fsp3) is 0.444. The number of nitrogens with zero attached hydrogens (tertiary/aromatic N) is 4. The van der Waals surface area contributed by atoms with Crippen molar-refractivity contribution in [3.05, 3.63) is 17.9 Å². The van der Waals surface area contributed by atoms with E-state index in [1.807, 2.05) is 19.1 Å². The minimum absolute atomic E-state index is 0.181. The van der Waals surface area contributed by atoms with Crippen molar-refractivity contribution in [3.8, 4) is 11.6 Å². The summed E-state index contributed by atoms with van der Waals surface area (Å²) in [7, 11) is 1.42. The maximum absolute atomic E-state index is 11.6. The fourth-order valence-corrected chi connectivity index (χ4v) is 3.46. The van der Waals surface area contributed by atoms with Crippen LogP contribution >= 0.6 is 0 Å². The number of methoxy groups -OCH3 is 1. The predicted molar refractivity (Wildman–Crippen MR) is 100 cm³/mol. The van der Waals surface area contributed by atoms with E-state index in [9.17, 15) is 4.79 Å². The van der Waals surface area contributed by atoms with Gasteiger partial charge in [0.15, 0.2) is 23.0 Å². The molecule has 1 aliphatic rings. The summed E-state index contributed by atoms with van der Waals surface area (Å²) in [5, 5.41) is 0. The molecule has 4 rings (SSSR count). The summed E-state index contributed by atoms with van der Waals surface area (Å²) in [5.41, 5.74) is 7.21. The second kappa shape index (κ2) is 6.90. The molecule has 3 aromatic rings. The Labute approximate surface area is 155 Å². The van der Waals surface area contributed by atoms with Gasteiger partial charge in [0.1, 0.15) is 11.3 Å². The third-order valence-corrected chi connectivity index (χ3v) is 4.83. The van der Waals surface area contributed by atoms with Crippen LogP contribution in [-0.4, -0.2) is 46.1 Å². The van der Waals surface area contributed by atoms with Gasteiger partial charge in [0.2, 0.25) is 5.95 Å². The maximum Gasteiger partial charge on any atom is 0.305 e. The quantitative estimate of drug-likeness (QED) is 0.671. The molecular formula is C18H22N6O3. The van der Waals surface area contributed by atoms with Crippen molar-refractivity contribution in [2.24, 2.45) is 5.92 Å². The van der Waals surface area contributed by atoms with Crippen LogP contribution < -0.4 is 10.6 Å². The number of esters is 1. The third-order valence-electron chi connectivity index (χ3n) is 4.83. The number of aromatic nitrogens is 4. The predicted octanol–water partition coefficient (Wildman–Crippen LogP) is 2.28. The minimum atomic E-state index is -0.181. The number of fused-ring (bicyclic) bond motifs is 1. The highest BCUT2D eigenvalue weighted by Crippen LogP contribution is 2.28. The van der Waals surface area contributed by atoms with Crippen LogP contribution in [0.3, 0.4) is 0 Å². The Morgan fingerprint density at radius 1 is 1.41 bits per heavy atom. The zero-order chi connectivity index (χ0) is 19.0. The highest BCUT2D eigenvalue weighted by molar-refractivity contribution is 5.85. The Morgan fingerprint density at radius 3 is 3.00 bits per heavy atom. The van der Waals surface area contributed by atoms with Gasteiger partial charge in [0, 0.05) is 19.5 Å². The number of aryl methyl sites for hydroxylation is 1. The highest BCUT2D eigenvalue weighted by atomic mass is 16.5. The number of aromatic amines is 1. The average Bonchev–Trinajstić information content (AvgIpc) is 3.28. The van der Waals surface area contributed by atoms with Gasteiger partial charge in [-0.15, -0.1) is 0 Å². The van der Waals surface area contributed by atoms with Crippen LogP contribution in [-0.2, 0) is 9.53 Å². The van der Waals surface area contributed by atoms with E-state index in [1.165, 1.54) is 7.11 Å². The van der Waals surface area contributed by atoms with Crippen LogP contribution in [0.4, 0.5) is 11.8 Å². The molecular weight excluding hydrogens is 348 g/mol. The lowest BCUT2D eigenvalue weighted by molar-refractivity contribution is -0.141.